The fraction of sp³-hybridized carbons (Fsp3) is 0.438. The van der Waals surface area contributed by atoms with E-state index in [-0.39, 0.29) is 12.5 Å². The molecule has 0 aliphatic heterocycles. The van der Waals surface area contributed by atoms with Crippen LogP contribution in [0.5, 0.6) is 5.75 Å². The predicted molar refractivity (Wildman–Crippen MR) is 95.4 cm³/mol. The molecule has 0 bridgehead atoms. The highest BCUT2D eigenvalue weighted by molar-refractivity contribution is 7.99. The van der Waals surface area contributed by atoms with Gasteiger partial charge >= 0.3 is 0 Å². The van der Waals surface area contributed by atoms with E-state index in [4.69, 9.17) is 16.3 Å². The zero-order valence-electron chi connectivity index (χ0n) is 14.0. The van der Waals surface area contributed by atoms with Crippen LogP contribution >= 0.6 is 23.4 Å². The number of carbonyl (C=O) groups is 1. The molecule has 1 amide bonds. The number of aromatic nitrogens is 3. The number of amides is 1. The molecule has 8 heteroatoms. The molecule has 1 aromatic heterocycles. The molecule has 0 fully saturated rings. The SMILES string of the molecule is CCN(CC)C(=O)CSc1nnc(COc2ccccc2Cl)n1C. The molecule has 0 saturated carbocycles. The van der Waals surface area contributed by atoms with E-state index in [1.165, 1.54) is 11.8 Å². The zero-order valence-corrected chi connectivity index (χ0v) is 15.6. The van der Waals surface area contributed by atoms with Crippen LogP contribution in [-0.2, 0) is 18.4 Å². The maximum absolute atomic E-state index is 12.1. The molecule has 0 N–H and O–H groups in total. The summed E-state index contributed by atoms with van der Waals surface area (Å²) in [5, 5.41) is 9.49. The summed E-state index contributed by atoms with van der Waals surface area (Å²) in [6, 6.07) is 7.28. The number of carbonyl (C=O) groups excluding carboxylic acids is 1. The second-order valence-electron chi connectivity index (χ2n) is 5.03. The van der Waals surface area contributed by atoms with Crippen LogP contribution in [0.2, 0.25) is 5.02 Å². The standard InChI is InChI=1S/C16H21ClN4O2S/c1-4-21(5-2)15(22)11-24-16-19-18-14(20(16)3)10-23-13-9-7-6-8-12(13)17/h6-9H,4-5,10-11H2,1-3H3. The second-order valence-corrected chi connectivity index (χ2v) is 6.38. The third kappa shape index (κ3) is 4.64. The lowest BCUT2D eigenvalue weighted by Crippen LogP contribution is -2.31. The van der Waals surface area contributed by atoms with Crippen LogP contribution in [0.15, 0.2) is 29.4 Å². The Labute approximate surface area is 151 Å². The second kappa shape index (κ2) is 8.94. The molecule has 2 aromatic rings. The van der Waals surface area contributed by atoms with Gasteiger partial charge in [0.2, 0.25) is 5.91 Å². The van der Waals surface area contributed by atoms with Crippen LogP contribution in [0.1, 0.15) is 19.7 Å². The molecule has 0 unspecified atom stereocenters. The molecule has 0 radical (unpaired) electrons. The van der Waals surface area contributed by atoms with Crippen LogP contribution in [0, 0.1) is 0 Å². The lowest BCUT2D eigenvalue weighted by atomic mass is 10.3. The molecule has 130 valence electrons. The van der Waals surface area contributed by atoms with E-state index in [1.54, 1.807) is 17.0 Å². The quantitative estimate of drug-likeness (QED) is 0.670. The van der Waals surface area contributed by atoms with Crippen molar-refractivity contribution in [3.63, 3.8) is 0 Å². The maximum atomic E-state index is 12.1. The van der Waals surface area contributed by atoms with E-state index in [0.717, 1.165) is 0 Å². The molecular weight excluding hydrogens is 348 g/mol. The van der Waals surface area contributed by atoms with Gasteiger partial charge in [0.05, 0.1) is 10.8 Å². The Hall–Kier alpha value is -1.73. The lowest BCUT2D eigenvalue weighted by molar-refractivity contribution is -0.127. The highest BCUT2D eigenvalue weighted by Crippen LogP contribution is 2.24. The van der Waals surface area contributed by atoms with Crippen LogP contribution in [0.25, 0.3) is 0 Å². The van der Waals surface area contributed by atoms with E-state index in [0.29, 0.717) is 40.6 Å². The fourth-order valence-corrected chi connectivity index (χ4v) is 3.12. The van der Waals surface area contributed by atoms with Gasteiger partial charge < -0.3 is 14.2 Å². The molecule has 0 aliphatic carbocycles. The number of hydrogen-bond donors (Lipinski definition) is 0. The number of benzene rings is 1. The third-order valence-corrected chi connectivity index (χ3v) is 4.88. The first-order valence-corrected chi connectivity index (χ1v) is 9.09. The zero-order chi connectivity index (χ0) is 17.5. The number of nitrogens with zero attached hydrogens (tertiary/aromatic N) is 4. The summed E-state index contributed by atoms with van der Waals surface area (Å²) < 4.78 is 7.51. The van der Waals surface area contributed by atoms with E-state index < -0.39 is 0 Å². The molecular formula is C16H21ClN4O2S. The van der Waals surface area contributed by atoms with E-state index in [1.807, 2.05) is 37.6 Å². The van der Waals surface area contributed by atoms with Crippen LogP contribution < -0.4 is 4.74 Å². The van der Waals surface area contributed by atoms with Crippen molar-refractivity contribution < 1.29 is 9.53 Å². The largest absolute Gasteiger partial charge is 0.484 e. The fourth-order valence-electron chi connectivity index (χ4n) is 2.09. The van der Waals surface area contributed by atoms with Crippen molar-refractivity contribution in [3.8, 4) is 5.75 Å². The Morgan fingerprint density at radius 1 is 1.29 bits per heavy atom. The smallest absolute Gasteiger partial charge is 0.233 e. The van der Waals surface area contributed by atoms with Gasteiger partial charge in [0, 0.05) is 20.1 Å². The van der Waals surface area contributed by atoms with Gasteiger partial charge in [-0.25, -0.2) is 0 Å². The van der Waals surface area contributed by atoms with Gasteiger partial charge in [-0.2, -0.15) is 0 Å². The Balaban J connectivity index is 1.93. The Kier molecular flexibility index (Phi) is 6.93. The lowest BCUT2D eigenvalue weighted by Gasteiger charge is -2.17. The Bertz CT molecular complexity index is 688. The van der Waals surface area contributed by atoms with Gasteiger partial charge in [-0.3, -0.25) is 4.79 Å². The first-order chi connectivity index (χ1) is 11.6. The minimum absolute atomic E-state index is 0.0990. The monoisotopic (exact) mass is 368 g/mol. The summed E-state index contributed by atoms with van der Waals surface area (Å²) in [5.41, 5.74) is 0. The van der Waals surface area contributed by atoms with E-state index in [2.05, 4.69) is 10.2 Å². The molecule has 6 nitrogen and oxygen atoms in total. The van der Waals surface area contributed by atoms with Gasteiger partial charge in [0.25, 0.3) is 0 Å². The molecule has 2 rings (SSSR count). The van der Waals surface area contributed by atoms with Crippen molar-refractivity contribution in [2.24, 2.45) is 7.05 Å². The molecule has 0 aliphatic rings. The number of rotatable bonds is 8. The number of thioether (sulfide) groups is 1. The summed E-state index contributed by atoms with van der Waals surface area (Å²) >= 11 is 7.44. The molecule has 1 heterocycles. The van der Waals surface area contributed by atoms with Crippen molar-refractivity contribution in [1.29, 1.82) is 0 Å². The number of halogens is 1. The predicted octanol–water partition coefficient (Wildman–Crippen LogP) is 3.01. The van der Waals surface area contributed by atoms with Crippen LogP contribution in [0.3, 0.4) is 0 Å². The minimum atomic E-state index is 0.0990. The van der Waals surface area contributed by atoms with Crippen LogP contribution in [0.4, 0.5) is 0 Å². The minimum Gasteiger partial charge on any atom is -0.484 e. The Morgan fingerprint density at radius 3 is 2.67 bits per heavy atom. The normalized spacial score (nSPS) is 10.7. The molecule has 24 heavy (non-hydrogen) atoms. The summed E-state index contributed by atoms with van der Waals surface area (Å²) in [6.45, 7) is 5.63. The number of ether oxygens (including phenoxy) is 1. The molecule has 0 atom stereocenters. The highest BCUT2D eigenvalue weighted by Gasteiger charge is 2.15. The first-order valence-electron chi connectivity index (χ1n) is 7.73. The summed E-state index contributed by atoms with van der Waals surface area (Å²) in [6.07, 6.45) is 0. The van der Waals surface area contributed by atoms with Gasteiger partial charge in [0.1, 0.15) is 12.4 Å². The number of hydrogen-bond acceptors (Lipinski definition) is 5. The number of para-hydroxylation sites is 1. The average Bonchev–Trinajstić information content (AvgIpc) is 2.93. The van der Waals surface area contributed by atoms with Crippen molar-refractivity contribution in [2.75, 3.05) is 18.8 Å². The third-order valence-electron chi connectivity index (χ3n) is 3.56. The highest BCUT2D eigenvalue weighted by atomic mass is 35.5. The molecule has 1 aromatic carbocycles. The van der Waals surface area contributed by atoms with Gasteiger partial charge in [-0.15, -0.1) is 10.2 Å². The molecule has 0 saturated heterocycles. The van der Waals surface area contributed by atoms with Crippen molar-refractivity contribution in [3.05, 3.63) is 35.1 Å². The van der Waals surface area contributed by atoms with Gasteiger partial charge in [0.15, 0.2) is 11.0 Å². The van der Waals surface area contributed by atoms with E-state index in [9.17, 15) is 4.79 Å². The summed E-state index contributed by atoms with van der Waals surface area (Å²) in [7, 11) is 1.86. The van der Waals surface area contributed by atoms with Crippen molar-refractivity contribution in [2.45, 2.75) is 25.6 Å². The summed E-state index contributed by atoms with van der Waals surface area (Å²) in [5.74, 6) is 1.72. The van der Waals surface area contributed by atoms with Crippen LogP contribution in [-0.4, -0.2) is 44.4 Å². The van der Waals surface area contributed by atoms with Crippen molar-refractivity contribution >= 4 is 29.3 Å². The Morgan fingerprint density at radius 2 is 2.00 bits per heavy atom. The van der Waals surface area contributed by atoms with Gasteiger partial charge in [-0.05, 0) is 26.0 Å². The van der Waals surface area contributed by atoms with Gasteiger partial charge in [-0.1, -0.05) is 35.5 Å². The molecule has 0 spiro atoms. The average molecular weight is 369 g/mol. The summed E-state index contributed by atoms with van der Waals surface area (Å²) in [4.78, 5) is 13.8. The maximum Gasteiger partial charge on any atom is 0.233 e. The topological polar surface area (TPSA) is 60.3 Å². The first kappa shape index (κ1) is 18.6. The van der Waals surface area contributed by atoms with Crippen molar-refractivity contribution in [1.82, 2.24) is 19.7 Å². The van der Waals surface area contributed by atoms with E-state index >= 15 is 0 Å².